The number of nitrogens with zero attached hydrogens (tertiary/aromatic N) is 3. The zero-order valence-electron chi connectivity index (χ0n) is 19.4. The summed E-state index contributed by atoms with van der Waals surface area (Å²) < 4.78 is 6.75. The summed E-state index contributed by atoms with van der Waals surface area (Å²) >= 11 is 0. The number of benzene rings is 2. The van der Waals surface area contributed by atoms with E-state index in [1.54, 1.807) is 16.7 Å². The summed E-state index contributed by atoms with van der Waals surface area (Å²) in [7, 11) is 1.63. The number of nitrogens with one attached hydrogen (secondary N) is 1. The first-order valence-corrected chi connectivity index (χ1v) is 11.2. The van der Waals surface area contributed by atoms with E-state index in [1.165, 1.54) is 0 Å². The number of rotatable bonds is 8. The Hall–Kier alpha value is -3.45. The van der Waals surface area contributed by atoms with Gasteiger partial charge >= 0.3 is 0 Å². The highest BCUT2D eigenvalue weighted by atomic mass is 16.5. The van der Waals surface area contributed by atoms with Crippen LogP contribution >= 0.6 is 0 Å². The lowest BCUT2D eigenvalue weighted by Crippen LogP contribution is -2.63. The molecule has 33 heavy (non-hydrogen) atoms. The number of aryl methyl sites for hydroxylation is 1. The highest BCUT2D eigenvalue weighted by Crippen LogP contribution is 2.31. The maximum Gasteiger partial charge on any atom is 0.273 e. The molecule has 3 aromatic rings. The minimum atomic E-state index is -1.08. The summed E-state index contributed by atoms with van der Waals surface area (Å²) in [5.41, 5.74) is 3.19. The molecule has 7 heteroatoms. The molecule has 2 amide bonds. The largest absolute Gasteiger partial charge is 0.385 e. The number of amides is 2. The SMILES string of the molecule is COCCCNC(=O)C1(C)Cn2nc(-c3ccccc3)cc2C(=O)N1Cc1ccc(C)cc1. The van der Waals surface area contributed by atoms with E-state index < -0.39 is 5.54 Å². The molecule has 0 radical (unpaired) electrons. The van der Waals surface area contributed by atoms with E-state index in [0.29, 0.717) is 31.8 Å². The third-order valence-corrected chi connectivity index (χ3v) is 6.13. The molecular formula is C26H30N4O3. The Labute approximate surface area is 194 Å². The molecule has 1 aliphatic rings. The smallest absolute Gasteiger partial charge is 0.273 e. The van der Waals surface area contributed by atoms with Gasteiger partial charge in [-0.3, -0.25) is 14.3 Å². The lowest BCUT2D eigenvalue weighted by atomic mass is 9.94. The van der Waals surface area contributed by atoms with E-state index in [1.807, 2.05) is 74.5 Å². The van der Waals surface area contributed by atoms with Crippen molar-refractivity contribution in [2.75, 3.05) is 20.3 Å². The van der Waals surface area contributed by atoms with Gasteiger partial charge in [0.1, 0.15) is 11.2 Å². The van der Waals surface area contributed by atoms with Crippen molar-refractivity contribution in [1.82, 2.24) is 20.0 Å². The van der Waals surface area contributed by atoms with E-state index in [0.717, 1.165) is 22.4 Å². The zero-order valence-corrected chi connectivity index (χ0v) is 19.4. The lowest BCUT2D eigenvalue weighted by molar-refractivity contribution is -0.133. The van der Waals surface area contributed by atoms with Crippen molar-refractivity contribution in [3.63, 3.8) is 0 Å². The second-order valence-corrected chi connectivity index (χ2v) is 8.69. The van der Waals surface area contributed by atoms with Crippen molar-refractivity contribution >= 4 is 11.8 Å². The maximum absolute atomic E-state index is 13.7. The molecule has 2 heterocycles. The topological polar surface area (TPSA) is 76.5 Å². The molecule has 1 unspecified atom stereocenters. The van der Waals surface area contributed by atoms with E-state index >= 15 is 0 Å². The number of hydrogen-bond donors (Lipinski definition) is 1. The van der Waals surface area contributed by atoms with Crippen LogP contribution in [0.2, 0.25) is 0 Å². The molecule has 7 nitrogen and oxygen atoms in total. The summed E-state index contributed by atoms with van der Waals surface area (Å²) in [6.07, 6.45) is 0.704. The van der Waals surface area contributed by atoms with Gasteiger partial charge in [-0.25, -0.2) is 0 Å². The molecule has 0 aliphatic carbocycles. The van der Waals surface area contributed by atoms with Crippen LogP contribution in [0.4, 0.5) is 0 Å². The van der Waals surface area contributed by atoms with Gasteiger partial charge in [-0.05, 0) is 31.9 Å². The maximum atomic E-state index is 13.7. The Morgan fingerprint density at radius 3 is 2.58 bits per heavy atom. The van der Waals surface area contributed by atoms with Crippen LogP contribution in [0.1, 0.15) is 35.0 Å². The minimum absolute atomic E-state index is 0.193. The molecule has 4 rings (SSSR count). The molecule has 0 spiro atoms. The molecule has 1 aromatic heterocycles. The Balaban J connectivity index is 1.68. The minimum Gasteiger partial charge on any atom is -0.385 e. The Bertz CT molecular complexity index is 1120. The van der Waals surface area contributed by atoms with Crippen molar-refractivity contribution in [3.05, 3.63) is 77.5 Å². The van der Waals surface area contributed by atoms with Gasteiger partial charge in [0.15, 0.2) is 0 Å². The third-order valence-electron chi connectivity index (χ3n) is 6.13. The second kappa shape index (κ2) is 9.58. The number of carbonyl (C=O) groups is 2. The highest BCUT2D eigenvalue weighted by Gasteiger charge is 2.47. The second-order valence-electron chi connectivity index (χ2n) is 8.69. The first kappa shape index (κ1) is 22.7. The van der Waals surface area contributed by atoms with Crippen LogP contribution in [0.25, 0.3) is 11.3 Å². The van der Waals surface area contributed by atoms with Crippen LogP contribution in [0.5, 0.6) is 0 Å². The highest BCUT2D eigenvalue weighted by molar-refractivity contribution is 6.00. The molecule has 0 fully saturated rings. The fraction of sp³-hybridized carbons (Fsp3) is 0.346. The first-order valence-electron chi connectivity index (χ1n) is 11.2. The number of ether oxygens (including phenoxy) is 1. The molecule has 0 bridgehead atoms. The average Bonchev–Trinajstić information content (AvgIpc) is 3.25. The monoisotopic (exact) mass is 446 g/mol. The number of fused-ring (bicyclic) bond motifs is 1. The quantitative estimate of drug-likeness (QED) is 0.538. The van der Waals surface area contributed by atoms with Crippen LogP contribution < -0.4 is 5.32 Å². The molecule has 0 saturated heterocycles. The molecular weight excluding hydrogens is 416 g/mol. The predicted octanol–water partition coefficient (Wildman–Crippen LogP) is 3.43. The molecule has 2 aromatic carbocycles. The van der Waals surface area contributed by atoms with Gasteiger partial charge in [0.25, 0.3) is 5.91 Å². The van der Waals surface area contributed by atoms with Gasteiger partial charge in [0.2, 0.25) is 5.91 Å². The molecule has 1 aliphatic heterocycles. The van der Waals surface area contributed by atoms with Gasteiger partial charge in [-0.15, -0.1) is 0 Å². The standard InChI is InChI=1S/C26H30N4O3/c1-19-10-12-20(13-11-19)17-29-24(31)23-16-22(21-8-5-4-6-9-21)28-30(23)18-26(29,2)25(32)27-14-7-15-33-3/h4-6,8-13,16H,7,14-15,17-18H2,1-3H3,(H,27,32). The van der Waals surface area contributed by atoms with Crippen molar-refractivity contribution in [3.8, 4) is 11.3 Å². The van der Waals surface area contributed by atoms with Crippen LogP contribution in [-0.4, -0.2) is 52.3 Å². The van der Waals surface area contributed by atoms with Crippen LogP contribution in [0.3, 0.4) is 0 Å². The predicted molar refractivity (Wildman–Crippen MR) is 127 cm³/mol. The normalized spacial score (nSPS) is 17.7. The fourth-order valence-electron chi connectivity index (χ4n) is 4.12. The molecule has 0 saturated carbocycles. The van der Waals surface area contributed by atoms with E-state index in [2.05, 4.69) is 10.4 Å². The van der Waals surface area contributed by atoms with Crippen molar-refractivity contribution in [2.45, 2.75) is 38.9 Å². The summed E-state index contributed by atoms with van der Waals surface area (Å²) in [5, 5.41) is 7.67. The van der Waals surface area contributed by atoms with Crippen LogP contribution in [-0.2, 0) is 22.6 Å². The van der Waals surface area contributed by atoms with Gasteiger partial charge < -0.3 is 15.0 Å². The summed E-state index contributed by atoms with van der Waals surface area (Å²) in [4.78, 5) is 28.8. The molecule has 172 valence electrons. The van der Waals surface area contributed by atoms with Gasteiger partial charge in [-0.2, -0.15) is 5.10 Å². The van der Waals surface area contributed by atoms with Crippen LogP contribution in [0.15, 0.2) is 60.7 Å². The van der Waals surface area contributed by atoms with Gasteiger partial charge in [0, 0.05) is 32.4 Å². The first-order chi connectivity index (χ1) is 15.9. The van der Waals surface area contributed by atoms with Crippen molar-refractivity contribution < 1.29 is 14.3 Å². The summed E-state index contributed by atoms with van der Waals surface area (Å²) in [6.45, 7) is 5.51. The zero-order chi connectivity index (χ0) is 23.4. The van der Waals surface area contributed by atoms with Gasteiger partial charge in [0.05, 0.1) is 12.2 Å². The number of hydrogen-bond acceptors (Lipinski definition) is 4. The fourth-order valence-corrected chi connectivity index (χ4v) is 4.12. The number of aromatic nitrogens is 2. The van der Waals surface area contributed by atoms with Crippen molar-refractivity contribution in [1.29, 1.82) is 0 Å². The number of carbonyl (C=O) groups excluding carboxylic acids is 2. The Kier molecular flexibility index (Phi) is 6.60. The van der Waals surface area contributed by atoms with E-state index in [4.69, 9.17) is 4.74 Å². The number of methoxy groups -OCH3 is 1. The van der Waals surface area contributed by atoms with Crippen molar-refractivity contribution in [2.24, 2.45) is 0 Å². The lowest BCUT2D eigenvalue weighted by Gasteiger charge is -2.43. The average molecular weight is 447 g/mol. The van der Waals surface area contributed by atoms with Crippen LogP contribution in [0, 0.1) is 6.92 Å². The molecule has 1 N–H and O–H groups in total. The summed E-state index contributed by atoms with van der Waals surface area (Å²) in [6, 6.07) is 19.6. The molecule has 1 atom stereocenters. The Morgan fingerprint density at radius 1 is 1.15 bits per heavy atom. The Morgan fingerprint density at radius 2 is 1.88 bits per heavy atom. The third kappa shape index (κ3) is 4.68. The van der Waals surface area contributed by atoms with E-state index in [-0.39, 0.29) is 18.4 Å². The van der Waals surface area contributed by atoms with E-state index in [9.17, 15) is 9.59 Å². The summed E-state index contributed by atoms with van der Waals surface area (Å²) in [5.74, 6) is -0.396. The van der Waals surface area contributed by atoms with Gasteiger partial charge in [-0.1, -0.05) is 60.2 Å².